The summed E-state index contributed by atoms with van der Waals surface area (Å²) in [6.07, 6.45) is 5.66. The van der Waals surface area contributed by atoms with Gasteiger partial charge in [0.2, 0.25) is 17.6 Å². The van der Waals surface area contributed by atoms with Crippen LogP contribution < -0.4 is 10.2 Å². The molecule has 1 amide bonds. The lowest BCUT2D eigenvalue weighted by Crippen LogP contribution is -2.25. The molecule has 6 heteroatoms. The van der Waals surface area contributed by atoms with Crippen molar-refractivity contribution in [1.29, 1.82) is 0 Å². The molecule has 0 radical (unpaired) electrons. The largest absolute Gasteiger partial charge is 0.370 e. The Morgan fingerprint density at radius 2 is 1.69 bits per heavy atom. The van der Waals surface area contributed by atoms with E-state index < -0.39 is 0 Å². The van der Waals surface area contributed by atoms with Crippen molar-refractivity contribution in [1.82, 2.24) is 10.1 Å². The fourth-order valence-electron chi connectivity index (χ4n) is 3.66. The molecule has 4 rings (SSSR count). The van der Waals surface area contributed by atoms with E-state index in [1.807, 2.05) is 48.5 Å². The third-order valence-corrected chi connectivity index (χ3v) is 5.19. The van der Waals surface area contributed by atoms with Gasteiger partial charge >= 0.3 is 0 Å². The molecule has 1 aliphatic rings. The smallest absolute Gasteiger partial charge is 0.227 e. The minimum atomic E-state index is -0.0493. The van der Waals surface area contributed by atoms with Crippen molar-refractivity contribution in [3.63, 3.8) is 0 Å². The van der Waals surface area contributed by atoms with Gasteiger partial charge in [-0.15, -0.1) is 0 Å². The molecule has 29 heavy (non-hydrogen) atoms. The molecule has 0 spiro atoms. The Balaban J connectivity index is 1.36. The van der Waals surface area contributed by atoms with E-state index in [0.29, 0.717) is 24.6 Å². The van der Waals surface area contributed by atoms with Crippen molar-refractivity contribution in [3.8, 4) is 11.4 Å². The Labute approximate surface area is 170 Å². The van der Waals surface area contributed by atoms with Crippen LogP contribution in [0.25, 0.3) is 11.4 Å². The summed E-state index contributed by atoms with van der Waals surface area (Å²) < 4.78 is 5.30. The van der Waals surface area contributed by atoms with Gasteiger partial charge in [-0.3, -0.25) is 4.79 Å². The molecule has 1 saturated heterocycles. The molecule has 1 aliphatic heterocycles. The molecular formula is C23H26N4O2. The molecule has 0 atom stereocenters. The molecule has 1 fully saturated rings. The van der Waals surface area contributed by atoms with Crippen LogP contribution in [-0.4, -0.2) is 29.1 Å². The van der Waals surface area contributed by atoms with Gasteiger partial charge in [0.25, 0.3) is 0 Å². The molecule has 0 bridgehead atoms. The van der Waals surface area contributed by atoms with Gasteiger partial charge in [-0.1, -0.05) is 60.5 Å². The number of hydrogen-bond donors (Lipinski definition) is 1. The number of carbonyl (C=O) groups is 1. The minimum absolute atomic E-state index is 0.0493. The SMILES string of the molecule is O=C(CCc1nc(-c2ccccc2)no1)Nc1ccccc1N1CCCCCC1. The Kier molecular flexibility index (Phi) is 6.19. The molecule has 2 aromatic carbocycles. The van der Waals surface area contributed by atoms with Crippen LogP contribution in [0.3, 0.4) is 0 Å². The van der Waals surface area contributed by atoms with Crippen molar-refractivity contribution in [2.45, 2.75) is 38.5 Å². The van der Waals surface area contributed by atoms with E-state index in [2.05, 4.69) is 26.4 Å². The summed E-state index contributed by atoms with van der Waals surface area (Å²) in [5.41, 5.74) is 2.88. The van der Waals surface area contributed by atoms with Gasteiger partial charge in [-0.25, -0.2) is 0 Å². The highest BCUT2D eigenvalue weighted by atomic mass is 16.5. The van der Waals surface area contributed by atoms with Crippen molar-refractivity contribution >= 4 is 17.3 Å². The fraction of sp³-hybridized carbons (Fsp3) is 0.348. The quantitative estimate of drug-likeness (QED) is 0.661. The van der Waals surface area contributed by atoms with Gasteiger partial charge in [0.1, 0.15) is 0 Å². The van der Waals surface area contributed by atoms with Gasteiger partial charge in [0.15, 0.2) is 0 Å². The normalized spacial score (nSPS) is 14.4. The van der Waals surface area contributed by atoms with Crippen molar-refractivity contribution in [2.75, 3.05) is 23.3 Å². The number of amides is 1. The second kappa shape index (κ2) is 9.37. The van der Waals surface area contributed by atoms with E-state index in [1.165, 1.54) is 25.7 Å². The number of nitrogens with one attached hydrogen (secondary N) is 1. The van der Waals surface area contributed by atoms with E-state index in [1.54, 1.807) is 0 Å². The molecule has 1 N–H and O–H groups in total. The number of carbonyl (C=O) groups excluding carboxylic acids is 1. The van der Waals surface area contributed by atoms with Gasteiger partial charge in [-0.2, -0.15) is 4.98 Å². The zero-order valence-corrected chi connectivity index (χ0v) is 16.5. The van der Waals surface area contributed by atoms with Gasteiger partial charge in [0, 0.05) is 31.5 Å². The number of para-hydroxylation sites is 2. The van der Waals surface area contributed by atoms with Gasteiger partial charge < -0.3 is 14.7 Å². The lowest BCUT2D eigenvalue weighted by atomic mass is 10.2. The maximum Gasteiger partial charge on any atom is 0.227 e. The minimum Gasteiger partial charge on any atom is -0.370 e. The molecule has 6 nitrogen and oxygen atoms in total. The van der Waals surface area contributed by atoms with E-state index in [9.17, 15) is 4.79 Å². The number of aryl methyl sites for hydroxylation is 1. The Hall–Kier alpha value is -3.15. The van der Waals surface area contributed by atoms with Crippen molar-refractivity contribution in [2.24, 2.45) is 0 Å². The number of hydrogen-bond acceptors (Lipinski definition) is 5. The molecule has 150 valence electrons. The summed E-state index contributed by atoms with van der Waals surface area (Å²) in [6, 6.07) is 17.7. The van der Waals surface area contributed by atoms with Crippen LogP contribution in [0.4, 0.5) is 11.4 Å². The van der Waals surface area contributed by atoms with Crippen LogP contribution in [0.2, 0.25) is 0 Å². The molecule has 0 saturated carbocycles. The van der Waals surface area contributed by atoms with Crippen molar-refractivity contribution in [3.05, 3.63) is 60.5 Å². The van der Waals surface area contributed by atoms with E-state index in [0.717, 1.165) is 30.0 Å². The number of aromatic nitrogens is 2. The van der Waals surface area contributed by atoms with Gasteiger partial charge in [-0.05, 0) is 25.0 Å². The van der Waals surface area contributed by atoms with Crippen LogP contribution in [0, 0.1) is 0 Å². The van der Waals surface area contributed by atoms with E-state index in [-0.39, 0.29) is 5.91 Å². The molecule has 3 aromatic rings. The maximum atomic E-state index is 12.5. The van der Waals surface area contributed by atoms with Crippen LogP contribution >= 0.6 is 0 Å². The Morgan fingerprint density at radius 1 is 0.966 bits per heavy atom. The highest BCUT2D eigenvalue weighted by Gasteiger charge is 2.15. The predicted molar refractivity (Wildman–Crippen MR) is 114 cm³/mol. The first-order valence-corrected chi connectivity index (χ1v) is 10.3. The average molecular weight is 390 g/mol. The number of nitrogens with zero attached hydrogens (tertiary/aromatic N) is 3. The maximum absolute atomic E-state index is 12.5. The summed E-state index contributed by atoms with van der Waals surface area (Å²) in [5, 5.41) is 7.07. The van der Waals surface area contributed by atoms with E-state index in [4.69, 9.17) is 4.52 Å². The highest BCUT2D eigenvalue weighted by Crippen LogP contribution is 2.28. The second-order valence-electron chi connectivity index (χ2n) is 7.34. The highest BCUT2D eigenvalue weighted by molar-refractivity contribution is 5.94. The summed E-state index contributed by atoms with van der Waals surface area (Å²) in [7, 11) is 0. The first-order valence-electron chi connectivity index (χ1n) is 10.3. The number of anilines is 2. The predicted octanol–water partition coefficient (Wildman–Crippen LogP) is 4.69. The third kappa shape index (κ3) is 5.02. The lowest BCUT2D eigenvalue weighted by Gasteiger charge is -2.25. The average Bonchev–Trinajstić information content (AvgIpc) is 3.07. The zero-order chi connectivity index (χ0) is 19.9. The molecular weight excluding hydrogens is 364 g/mol. The van der Waals surface area contributed by atoms with Crippen molar-refractivity contribution < 1.29 is 9.32 Å². The summed E-state index contributed by atoms with van der Waals surface area (Å²) in [4.78, 5) is 19.3. The molecule has 0 aliphatic carbocycles. The summed E-state index contributed by atoms with van der Waals surface area (Å²) >= 11 is 0. The molecule has 1 aromatic heterocycles. The van der Waals surface area contributed by atoms with Crippen LogP contribution in [-0.2, 0) is 11.2 Å². The van der Waals surface area contributed by atoms with Crippen LogP contribution in [0.1, 0.15) is 38.0 Å². The monoisotopic (exact) mass is 390 g/mol. The van der Waals surface area contributed by atoms with Crippen LogP contribution in [0.15, 0.2) is 59.1 Å². The number of benzene rings is 2. The Bertz CT molecular complexity index is 931. The number of rotatable bonds is 6. The van der Waals surface area contributed by atoms with Crippen LogP contribution in [0.5, 0.6) is 0 Å². The second-order valence-corrected chi connectivity index (χ2v) is 7.34. The fourth-order valence-corrected chi connectivity index (χ4v) is 3.66. The lowest BCUT2D eigenvalue weighted by molar-refractivity contribution is -0.116. The summed E-state index contributed by atoms with van der Waals surface area (Å²) in [5.74, 6) is 0.971. The molecule has 0 unspecified atom stereocenters. The first kappa shape index (κ1) is 19.2. The topological polar surface area (TPSA) is 71.3 Å². The third-order valence-electron chi connectivity index (χ3n) is 5.19. The van der Waals surface area contributed by atoms with E-state index >= 15 is 0 Å². The summed E-state index contributed by atoms with van der Waals surface area (Å²) in [6.45, 7) is 2.08. The molecule has 2 heterocycles. The first-order chi connectivity index (χ1) is 14.3. The Morgan fingerprint density at radius 3 is 2.48 bits per heavy atom. The van der Waals surface area contributed by atoms with Gasteiger partial charge in [0.05, 0.1) is 11.4 Å². The standard InChI is InChI=1S/C23H26N4O2/c28-21(14-15-22-25-23(26-29-22)18-10-4-3-5-11-18)24-19-12-6-7-13-20(19)27-16-8-1-2-9-17-27/h3-7,10-13H,1-2,8-9,14-17H2,(H,24,28). The zero-order valence-electron chi connectivity index (χ0n) is 16.5.